The Morgan fingerprint density at radius 1 is 1.35 bits per heavy atom. The Morgan fingerprint density at radius 2 is 2.00 bits per heavy atom. The van der Waals surface area contributed by atoms with E-state index in [1.54, 1.807) is 50.2 Å². The zero-order chi connectivity index (χ0) is 17.0. The van der Waals surface area contributed by atoms with E-state index in [1.807, 2.05) is 6.07 Å². The van der Waals surface area contributed by atoms with Gasteiger partial charge in [-0.25, -0.2) is 0 Å². The van der Waals surface area contributed by atoms with Gasteiger partial charge in [-0.05, 0) is 44.0 Å². The van der Waals surface area contributed by atoms with Crippen molar-refractivity contribution >= 4 is 11.8 Å². The van der Waals surface area contributed by atoms with Gasteiger partial charge in [-0.1, -0.05) is 0 Å². The first-order valence-corrected chi connectivity index (χ1v) is 7.62. The minimum Gasteiger partial charge on any atom is -0.481 e. The fourth-order valence-corrected chi connectivity index (χ4v) is 2.68. The molecule has 1 aromatic rings. The molecule has 122 valence electrons. The molecule has 2 amide bonds. The number of hydrogen-bond acceptors (Lipinski definition) is 4. The van der Waals surface area contributed by atoms with Gasteiger partial charge >= 0.3 is 0 Å². The molecule has 0 aromatic heterocycles. The van der Waals surface area contributed by atoms with Gasteiger partial charge in [-0.15, -0.1) is 0 Å². The van der Waals surface area contributed by atoms with Crippen LogP contribution in [0.2, 0.25) is 0 Å². The van der Waals surface area contributed by atoms with Gasteiger partial charge in [0.1, 0.15) is 11.8 Å². The summed E-state index contributed by atoms with van der Waals surface area (Å²) in [5, 5.41) is 8.78. The smallest absolute Gasteiger partial charge is 0.264 e. The molecule has 23 heavy (non-hydrogen) atoms. The van der Waals surface area contributed by atoms with Crippen LogP contribution in [0.4, 0.5) is 0 Å². The van der Waals surface area contributed by atoms with E-state index in [4.69, 9.17) is 10.00 Å². The number of amides is 2. The van der Waals surface area contributed by atoms with Crippen molar-refractivity contribution in [3.05, 3.63) is 29.8 Å². The average Bonchev–Trinajstić information content (AvgIpc) is 3.03. The molecular formula is C17H21N3O3. The summed E-state index contributed by atoms with van der Waals surface area (Å²) in [5.41, 5.74) is 0.535. The van der Waals surface area contributed by atoms with Crippen molar-refractivity contribution in [2.75, 3.05) is 20.6 Å². The molecule has 1 fully saturated rings. The van der Waals surface area contributed by atoms with Crippen LogP contribution in [0.1, 0.15) is 25.3 Å². The topological polar surface area (TPSA) is 73.6 Å². The molecule has 0 aliphatic carbocycles. The highest BCUT2D eigenvalue weighted by Crippen LogP contribution is 2.21. The molecule has 2 unspecified atom stereocenters. The van der Waals surface area contributed by atoms with Gasteiger partial charge in [0.15, 0.2) is 6.10 Å². The number of nitriles is 1. The minimum absolute atomic E-state index is 0.0542. The molecule has 2 atom stereocenters. The maximum atomic E-state index is 12.6. The van der Waals surface area contributed by atoms with E-state index in [0.29, 0.717) is 24.3 Å². The van der Waals surface area contributed by atoms with Gasteiger partial charge in [0.05, 0.1) is 11.6 Å². The number of likely N-dealkylation sites (tertiary alicyclic amines) is 1. The highest BCUT2D eigenvalue weighted by atomic mass is 16.5. The molecule has 0 bridgehead atoms. The van der Waals surface area contributed by atoms with Crippen molar-refractivity contribution in [1.82, 2.24) is 9.80 Å². The summed E-state index contributed by atoms with van der Waals surface area (Å²) in [5.74, 6) is 0.285. The normalized spacial score (nSPS) is 18.2. The number of rotatable bonds is 4. The molecule has 1 aliphatic rings. The summed E-state index contributed by atoms with van der Waals surface area (Å²) < 4.78 is 5.65. The van der Waals surface area contributed by atoms with Crippen LogP contribution in [0.15, 0.2) is 24.3 Å². The maximum Gasteiger partial charge on any atom is 0.264 e. The molecule has 0 saturated carbocycles. The van der Waals surface area contributed by atoms with E-state index >= 15 is 0 Å². The Morgan fingerprint density at radius 3 is 2.57 bits per heavy atom. The van der Waals surface area contributed by atoms with Gasteiger partial charge in [-0.3, -0.25) is 9.59 Å². The van der Waals surface area contributed by atoms with Gasteiger partial charge in [-0.2, -0.15) is 5.26 Å². The summed E-state index contributed by atoms with van der Waals surface area (Å²) in [6.45, 7) is 2.25. The number of carbonyl (C=O) groups excluding carboxylic acids is 2. The molecule has 1 aliphatic heterocycles. The van der Waals surface area contributed by atoms with Crippen molar-refractivity contribution in [2.24, 2.45) is 0 Å². The molecule has 2 rings (SSSR count). The first-order chi connectivity index (χ1) is 10.9. The van der Waals surface area contributed by atoms with Crippen LogP contribution in [0.3, 0.4) is 0 Å². The third kappa shape index (κ3) is 3.81. The third-order valence-electron chi connectivity index (χ3n) is 3.91. The van der Waals surface area contributed by atoms with Gasteiger partial charge < -0.3 is 14.5 Å². The minimum atomic E-state index is -0.682. The van der Waals surface area contributed by atoms with Gasteiger partial charge in [0.2, 0.25) is 5.91 Å². The monoisotopic (exact) mass is 315 g/mol. The molecular weight excluding hydrogens is 294 g/mol. The van der Waals surface area contributed by atoms with Crippen LogP contribution in [0.25, 0.3) is 0 Å². The summed E-state index contributed by atoms with van der Waals surface area (Å²) >= 11 is 0. The Kier molecular flexibility index (Phi) is 5.22. The van der Waals surface area contributed by atoms with E-state index in [1.165, 1.54) is 4.90 Å². The summed E-state index contributed by atoms with van der Waals surface area (Å²) in [6, 6.07) is 8.23. The highest BCUT2D eigenvalue weighted by Gasteiger charge is 2.37. The lowest BCUT2D eigenvalue weighted by molar-refractivity contribution is -0.146. The Labute approximate surface area is 136 Å². The predicted octanol–water partition coefficient (Wildman–Crippen LogP) is 1.40. The fraction of sp³-hybridized carbons (Fsp3) is 0.471. The molecule has 0 N–H and O–H groups in total. The number of hydrogen-bond donors (Lipinski definition) is 0. The van der Waals surface area contributed by atoms with E-state index in [9.17, 15) is 9.59 Å². The fourth-order valence-electron chi connectivity index (χ4n) is 2.68. The van der Waals surface area contributed by atoms with Gasteiger partial charge in [0, 0.05) is 20.6 Å². The van der Waals surface area contributed by atoms with Crippen LogP contribution in [0, 0.1) is 11.3 Å². The second kappa shape index (κ2) is 7.14. The Hall–Kier alpha value is -2.55. The molecule has 6 heteroatoms. The second-order valence-electron chi connectivity index (χ2n) is 5.82. The first kappa shape index (κ1) is 16.8. The third-order valence-corrected chi connectivity index (χ3v) is 3.91. The maximum absolute atomic E-state index is 12.6. The largest absolute Gasteiger partial charge is 0.481 e. The first-order valence-electron chi connectivity index (χ1n) is 7.62. The second-order valence-corrected chi connectivity index (χ2v) is 5.82. The van der Waals surface area contributed by atoms with Crippen molar-refractivity contribution in [3.8, 4) is 11.8 Å². The van der Waals surface area contributed by atoms with Crippen molar-refractivity contribution in [1.29, 1.82) is 5.26 Å². The number of nitrogens with zero attached hydrogens (tertiary/aromatic N) is 3. The highest BCUT2D eigenvalue weighted by molar-refractivity contribution is 5.89. The number of ether oxygens (including phenoxy) is 1. The number of carbonyl (C=O) groups is 2. The van der Waals surface area contributed by atoms with Crippen LogP contribution in [-0.4, -0.2) is 54.4 Å². The predicted molar refractivity (Wildman–Crippen MR) is 84.7 cm³/mol. The molecule has 0 spiro atoms. The van der Waals surface area contributed by atoms with Crippen molar-refractivity contribution in [3.63, 3.8) is 0 Å². The Balaban J connectivity index is 2.03. The summed E-state index contributed by atoms with van der Waals surface area (Å²) in [6.07, 6.45) is 0.824. The summed E-state index contributed by atoms with van der Waals surface area (Å²) in [7, 11) is 3.39. The quantitative estimate of drug-likeness (QED) is 0.842. The summed E-state index contributed by atoms with van der Waals surface area (Å²) in [4.78, 5) is 27.9. The van der Waals surface area contributed by atoms with E-state index in [0.717, 1.165) is 6.42 Å². The molecule has 6 nitrogen and oxygen atoms in total. The van der Waals surface area contributed by atoms with E-state index in [-0.39, 0.29) is 11.8 Å². The SMILES string of the molecule is CC(Oc1ccc(C#N)cc1)C(=O)N1CCCC1C(=O)N(C)C. The zero-order valence-electron chi connectivity index (χ0n) is 13.7. The lowest BCUT2D eigenvalue weighted by atomic mass is 10.2. The number of likely N-dealkylation sites (N-methyl/N-ethyl adjacent to an activating group) is 1. The van der Waals surface area contributed by atoms with Crippen LogP contribution < -0.4 is 4.74 Å². The van der Waals surface area contributed by atoms with Crippen LogP contribution >= 0.6 is 0 Å². The average molecular weight is 315 g/mol. The lowest BCUT2D eigenvalue weighted by Gasteiger charge is -2.28. The lowest BCUT2D eigenvalue weighted by Crippen LogP contribution is -2.49. The molecule has 1 aromatic carbocycles. The standard InChI is InChI=1S/C17H21N3O3/c1-12(23-14-8-6-13(11-18)7-9-14)16(21)20-10-4-5-15(20)17(22)19(2)3/h6-9,12,15H,4-5,10H2,1-3H3. The molecule has 1 heterocycles. The zero-order valence-corrected chi connectivity index (χ0v) is 13.7. The van der Waals surface area contributed by atoms with Crippen molar-refractivity contribution < 1.29 is 14.3 Å². The van der Waals surface area contributed by atoms with Crippen LogP contribution in [-0.2, 0) is 9.59 Å². The number of benzene rings is 1. The van der Waals surface area contributed by atoms with Gasteiger partial charge in [0.25, 0.3) is 5.91 Å². The van der Waals surface area contributed by atoms with Crippen molar-refractivity contribution in [2.45, 2.75) is 31.9 Å². The molecule has 1 saturated heterocycles. The van der Waals surface area contributed by atoms with E-state index < -0.39 is 12.1 Å². The Bertz CT molecular complexity index is 619. The van der Waals surface area contributed by atoms with E-state index in [2.05, 4.69) is 0 Å². The van der Waals surface area contributed by atoms with Crippen LogP contribution in [0.5, 0.6) is 5.75 Å². The molecule has 0 radical (unpaired) electrons.